The lowest BCUT2D eigenvalue weighted by Gasteiger charge is -2.22. The van der Waals surface area contributed by atoms with Gasteiger partial charge in [-0.05, 0) is 29.2 Å². The molecule has 0 aliphatic heterocycles. The van der Waals surface area contributed by atoms with E-state index in [1.807, 2.05) is 6.08 Å². The summed E-state index contributed by atoms with van der Waals surface area (Å²) in [4.78, 5) is 0. The first kappa shape index (κ1) is 13.5. The fraction of sp³-hybridized carbons (Fsp3) is 0.294. The predicted octanol–water partition coefficient (Wildman–Crippen LogP) is 5.13. The lowest BCUT2D eigenvalue weighted by atomic mass is 9.81. The molecule has 0 spiro atoms. The summed E-state index contributed by atoms with van der Waals surface area (Å²) in [7, 11) is 0. The van der Waals surface area contributed by atoms with Gasteiger partial charge in [0.25, 0.3) is 0 Å². The maximum atomic E-state index is 3.95. The maximum absolute atomic E-state index is 3.95. The van der Waals surface area contributed by atoms with Gasteiger partial charge in [0, 0.05) is 5.41 Å². The minimum absolute atomic E-state index is 0. The molecule has 1 aromatic rings. The largest absolute Gasteiger partial charge is 0.0984 e. The zero-order valence-corrected chi connectivity index (χ0v) is 10.2. The van der Waals surface area contributed by atoms with E-state index in [4.69, 9.17) is 0 Å². The van der Waals surface area contributed by atoms with Crippen molar-refractivity contribution < 1.29 is 0 Å². The predicted molar refractivity (Wildman–Crippen MR) is 78.1 cm³/mol. The zero-order chi connectivity index (χ0) is 11.8. The van der Waals surface area contributed by atoms with Crippen molar-refractivity contribution in [2.45, 2.75) is 33.6 Å². The highest BCUT2D eigenvalue weighted by molar-refractivity contribution is 5.87. The van der Waals surface area contributed by atoms with Crippen molar-refractivity contribution in [1.82, 2.24) is 0 Å². The van der Waals surface area contributed by atoms with Crippen LogP contribution in [0.2, 0.25) is 0 Å². The Morgan fingerprint density at radius 1 is 1.18 bits per heavy atom. The van der Waals surface area contributed by atoms with Crippen molar-refractivity contribution in [3.63, 3.8) is 0 Å². The quantitative estimate of drug-likeness (QED) is 0.656. The summed E-state index contributed by atoms with van der Waals surface area (Å²) in [5.41, 5.74) is 5.46. The lowest BCUT2D eigenvalue weighted by Crippen LogP contribution is -2.15. The Morgan fingerprint density at radius 3 is 2.41 bits per heavy atom. The number of allylic oxidation sites excluding steroid dienone is 5. The second-order valence-electron chi connectivity index (χ2n) is 4.70. The summed E-state index contributed by atoms with van der Waals surface area (Å²) in [6.45, 7) is 10.6. The van der Waals surface area contributed by atoms with E-state index in [-0.39, 0.29) is 12.8 Å². The summed E-state index contributed by atoms with van der Waals surface area (Å²) in [6.07, 6.45) is 6.28. The number of rotatable bonds is 2. The van der Waals surface area contributed by atoms with E-state index in [1.54, 1.807) is 0 Å². The molecule has 0 fully saturated rings. The van der Waals surface area contributed by atoms with Gasteiger partial charge in [-0.1, -0.05) is 70.3 Å². The van der Waals surface area contributed by atoms with Crippen LogP contribution in [0.25, 0.3) is 5.57 Å². The van der Waals surface area contributed by atoms with Crippen LogP contribution in [-0.4, -0.2) is 0 Å². The topological polar surface area (TPSA) is 0 Å². The van der Waals surface area contributed by atoms with Crippen LogP contribution in [0.15, 0.2) is 54.6 Å². The number of hydrogen-bond donors (Lipinski definition) is 0. The van der Waals surface area contributed by atoms with Crippen LogP contribution in [0, 0.1) is 0 Å². The van der Waals surface area contributed by atoms with Gasteiger partial charge < -0.3 is 0 Å². The van der Waals surface area contributed by atoms with E-state index in [9.17, 15) is 0 Å². The van der Waals surface area contributed by atoms with Crippen molar-refractivity contribution in [2.75, 3.05) is 0 Å². The molecule has 0 radical (unpaired) electrons. The molecule has 0 heteroatoms. The van der Waals surface area contributed by atoms with Crippen molar-refractivity contribution in [2.24, 2.45) is 0 Å². The molecule has 1 aliphatic carbocycles. The van der Waals surface area contributed by atoms with Gasteiger partial charge in [0.1, 0.15) is 0 Å². The Morgan fingerprint density at radius 2 is 1.82 bits per heavy atom. The van der Waals surface area contributed by atoms with Crippen molar-refractivity contribution >= 4 is 5.57 Å². The van der Waals surface area contributed by atoms with Gasteiger partial charge in [0.15, 0.2) is 0 Å². The van der Waals surface area contributed by atoms with Gasteiger partial charge in [0.05, 0.1) is 0 Å². The third-order valence-electron chi connectivity index (χ3n) is 3.39. The van der Waals surface area contributed by atoms with E-state index in [1.165, 1.54) is 22.3 Å². The highest BCUT2D eigenvalue weighted by Gasteiger charge is 2.34. The average Bonchev–Trinajstić information content (AvgIpc) is 2.49. The smallest absolute Gasteiger partial charge is 0.0158 e. The Bertz CT molecular complexity index is 485. The molecular weight excluding hydrogens is 204 g/mol. The van der Waals surface area contributed by atoms with Gasteiger partial charge in [-0.2, -0.15) is 0 Å². The molecule has 0 aromatic heterocycles. The lowest BCUT2D eigenvalue weighted by molar-refractivity contribution is 0.654. The van der Waals surface area contributed by atoms with Gasteiger partial charge in [-0.25, -0.2) is 0 Å². The Hall–Kier alpha value is -1.56. The molecular formula is C17H22. The fourth-order valence-corrected chi connectivity index (χ4v) is 2.57. The summed E-state index contributed by atoms with van der Waals surface area (Å²) >= 11 is 0. The molecule has 0 nitrogen and oxygen atoms in total. The van der Waals surface area contributed by atoms with Crippen LogP contribution >= 0.6 is 0 Å². The Labute approximate surface area is 105 Å². The molecule has 0 bridgehead atoms. The third-order valence-corrected chi connectivity index (χ3v) is 3.39. The molecule has 0 heterocycles. The minimum atomic E-state index is 0. The van der Waals surface area contributed by atoms with Gasteiger partial charge in [0.2, 0.25) is 0 Å². The molecule has 0 N–H and O–H groups in total. The first-order valence-electron chi connectivity index (χ1n) is 5.72. The maximum Gasteiger partial charge on any atom is 0.0158 e. The first-order valence-corrected chi connectivity index (χ1v) is 5.72. The first-order chi connectivity index (χ1) is 7.62. The molecule has 2 rings (SSSR count). The zero-order valence-electron chi connectivity index (χ0n) is 10.2. The molecule has 0 saturated heterocycles. The monoisotopic (exact) mass is 226 g/mol. The summed E-state index contributed by atoms with van der Waals surface area (Å²) in [5, 5.41) is 0. The second-order valence-corrected chi connectivity index (χ2v) is 4.70. The van der Waals surface area contributed by atoms with Crippen molar-refractivity contribution in [1.29, 1.82) is 0 Å². The minimum Gasteiger partial charge on any atom is -0.0984 e. The van der Waals surface area contributed by atoms with E-state index >= 15 is 0 Å². The van der Waals surface area contributed by atoms with Crippen LogP contribution in [0.4, 0.5) is 0 Å². The van der Waals surface area contributed by atoms with E-state index in [2.05, 4.69) is 63.8 Å². The molecule has 0 amide bonds. The van der Waals surface area contributed by atoms with E-state index in [0.29, 0.717) is 0 Å². The molecule has 1 aliphatic rings. The average molecular weight is 226 g/mol. The number of fused-ring (bicyclic) bond motifs is 1. The van der Waals surface area contributed by atoms with Gasteiger partial charge >= 0.3 is 0 Å². The normalized spacial score (nSPS) is 16.9. The summed E-state index contributed by atoms with van der Waals surface area (Å²) in [6, 6.07) is 8.61. The van der Waals surface area contributed by atoms with Crippen molar-refractivity contribution in [3.8, 4) is 0 Å². The van der Waals surface area contributed by atoms with Crippen LogP contribution in [0.3, 0.4) is 0 Å². The molecule has 90 valence electrons. The number of hydrogen-bond acceptors (Lipinski definition) is 0. The molecule has 1 aromatic carbocycles. The standard InChI is InChI=1S/C16H18.CH4/c1-5-9-14-12(6-2)13-10-7-8-11-15(13)16(14,3)4;/h5-11H,2H2,1,3-4H3;1H4/b9-5-;. The number of benzene rings is 1. The van der Waals surface area contributed by atoms with Crippen molar-refractivity contribution in [3.05, 3.63) is 65.8 Å². The second kappa shape index (κ2) is 4.75. The fourth-order valence-electron chi connectivity index (χ4n) is 2.57. The molecule has 0 atom stereocenters. The van der Waals surface area contributed by atoms with Crippen LogP contribution in [0.1, 0.15) is 39.3 Å². The third kappa shape index (κ3) is 1.88. The molecule has 0 unspecified atom stereocenters. The van der Waals surface area contributed by atoms with Crippen LogP contribution < -0.4 is 0 Å². The Balaban J connectivity index is 0.00000144. The van der Waals surface area contributed by atoms with Gasteiger partial charge in [-0.3, -0.25) is 0 Å². The molecule has 0 saturated carbocycles. The SMILES string of the molecule is C.C=CC1=C(/C=C\C)C(C)(C)c2ccccc21. The van der Waals surface area contributed by atoms with Gasteiger partial charge in [-0.15, -0.1) is 0 Å². The van der Waals surface area contributed by atoms with E-state index in [0.717, 1.165) is 0 Å². The van der Waals surface area contributed by atoms with E-state index < -0.39 is 0 Å². The molecule has 17 heavy (non-hydrogen) atoms. The van der Waals surface area contributed by atoms with Crippen LogP contribution in [-0.2, 0) is 5.41 Å². The summed E-state index contributed by atoms with van der Waals surface area (Å²) < 4.78 is 0. The highest BCUT2D eigenvalue weighted by Crippen LogP contribution is 2.46. The summed E-state index contributed by atoms with van der Waals surface area (Å²) in [5.74, 6) is 0. The highest BCUT2D eigenvalue weighted by atomic mass is 14.4. The van der Waals surface area contributed by atoms with Crippen LogP contribution in [0.5, 0.6) is 0 Å². The Kier molecular flexibility index (Phi) is 3.77.